The van der Waals surface area contributed by atoms with Gasteiger partial charge in [0.05, 0.1) is 0 Å². The van der Waals surface area contributed by atoms with Gasteiger partial charge in [-0.05, 0) is 29.9 Å². The molecule has 1 aliphatic carbocycles. The second-order valence-electron chi connectivity index (χ2n) is 4.70. The minimum absolute atomic E-state index is 0.649. The highest BCUT2D eigenvalue weighted by Gasteiger charge is 2.18. The lowest BCUT2D eigenvalue weighted by atomic mass is 9.84. The number of hydrogen-bond donors (Lipinski definition) is 1. The van der Waals surface area contributed by atoms with Gasteiger partial charge in [-0.2, -0.15) is 0 Å². The van der Waals surface area contributed by atoms with Crippen LogP contribution in [0.15, 0.2) is 24.3 Å². The molecule has 1 aliphatic rings. The molecule has 3 heteroatoms. The standard InChI is InChI=1S/C14H17ClO2/c15-13(14(16)17)12-8-6-11(7-9-12)10-4-2-1-3-5-10/h6-10,13H,1-5H2,(H,16,17). The van der Waals surface area contributed by atoms with Crippen LogP contribution in [0.3, 0.4) is 0 Å². The second-order valence-corrected chi connectivity index (χ2v) is 5.14. The zero-order valence-corrected chi connectivity index (χ0v) is 10.5. The fourth-order valence-corrected chi connectivity index (χ4v) is 2.66. The quantitative estimate of drug-likeness (QED) is 0.823. The van der Waals surface area contributed by atoms with Crippen LogP contribution in [0.4, 0.5) is 0 Å². The molecular weight excluding hydrogens is 236 g/mol. The molecule has 1 saturated carbocycles. The minimum atomic E-state index is -0.989. The van der Waals surface area contributed by atoms with Crippen LogP contribution in [0.25, 0.3) is 0 Å². The third kappa shape index (κ3) is 3.01. The SMILES string of the molecule is O=C(O)C(Cl)c1ccc(C2CCCCC2)cc1. The van der Waals surface area contributed by atoms with E-state index in [0.29, 0.717) is 11.5 Å². The average Bonchev–Trinajstić information content (AvgIpc) is 2.39. The number of alkyl halides is 1. The highest BCUT2D eigenvalue weighted by Crippen LogP contribution is 2.33. The average molecular weight is 253 g/mol. The Morgan fingerprint density at radius 1 is 1.18 bits per heavy atom. The van der Waals surface area contributed by atoms with E-state index >= 15 is 0 Å². The molecule has 0 aliphatic heterocycles. The van der Waals surface area contributed by atoms with Gasteiger partial charge in [-0.1, -0.05) is 43.5 Å². The normalized spacial score (nSPS) is 18.9. The van der Waals surface area contributed by atoms with Gasteiger partial charge in [0, 0.05) is 0 Å². The molecule has 17 heavy (non-hydrogen) atoms. The fraction of sp³-hybridized carbons (Fsp3) is 0.500. The Hall–Kier alpha value is -1.02. The summed E-state index contributed by atoms with van der Waals surface area (Å²) in [6.07, 6.45) is 6.46. The van der Waals surface area contributed by atoms with E-state index < -0.39 is 11.3 Å². The molecule has 0 saturated heterocycles. The van der Waals surface area contributed by atoms with Crippen molar-refractivity contribution in [2.24, 2.45) is 0 Å². The molecule has 92 valence electrons. The summed E-state index contributed by atoms with van der Waals surface area (Å²) in [5, 5.41) is 7.89. The van der Waals surface area contributed by atoms with E-state index in [1.807, 2.05) is 24.3 Å². The molecule has 1 aromatic carbocycles. The number of carboxylic acids is 1. The van der Waals surface area contributed by atoms with Crippen molar-refractivity contribution in [1.29, 1.82) is 0 Å². The molecule has 0 bridgehead atoms. The fourth-order valence-electron chi connectivity index (χ4n) is 2.52. The Balaban J connectivity index is 2.09. The molecule has 1 atom stereocenters. The first-order valence-corrected chi connectivity index (χ1v) is 6.59. The number of carbonyl (C=O) groups is 1. The van der Waals surface area contributed by atoms with Crippen molar-refractivity contribution in [3.8, 4) is 0 Å². The minimum Gasteiger partial charge on any atom is -0.480 e. The van der Waals surface area contributed by atoms with Crippen LogP contribution in [0, 0.1) is 0 Å². The molecule has 2 rings (SSSR count). The first kappa shape index (κ1) is 12.4. The van der Waals surface area contributed by atoms with Crippen LogP contribution in [-0.2, 0) is 4.79 Å². The molecule has 0 aromatic heterocycles. The maximum atomic E-state index is 10.8. The molecule has 1 unspecified atom stereocenters. The predicted octanol–water partition coefficient (Wildman–Crippen LogP) is 4.10. The Labute approximate surface area is 107 Å². The van der Waals surface area contributed by atoms with Crippen LogP contribution in [0.2, 0.25) is 0 Å². The maximum Gasteiger partial charge on any atom is 0.326 e. The van der Waals surface area contributed by atoms with Gasteiger partial charge in [-0.25, -0.2) is 0 Å². The first-order chi connectivity index (χ1) is 8.18. The molecule has 2 nitrogen and oxygen atoms in total. The summed E-state index contributed by atoms with van der Waals surface area (Å²) in [4.78, 5) is 10.8. The summed E-state index contributed by atoms with van der Waals surface area (Å²) in [6.45, 7) is 0. The van der Waals surface area contributed by atoms with Crippen molar-refractivity contribution >= 4 is 17.6 Å². The monoisotopic (exact) mass is 252 g/mol. The summed E-state index contributed by atoms with van der Waals surface area (Å²) in [6, 6.07) is 7.75. The van der Waals surface area contributed by atoms with Crippen LogP contribution < -0.4 is 0 Å². The largest absolute Gasteiger partial charge is 0.480 e. The van der Waals surface area contributed by atoms with Gasteiger partial charge in [0.25, 0.3) is 0 Å². The molecule has 0 radical (unpaired) electrons. The molecule has 0 spiro atoms. The van der Waals surface area contributed by atoms with Gasteiger partial charge in [0.15, 0.2) is 5.38 Å². The van der Waals surface area contributed by atoms with Gasteiger partial charge < -0.3 is 5.11 Å². The van der Waals surface area contributed by atoms with Gasteiger partial charge in [0.1, 0.15) is 0 Å². The highest BCUT2D eigenvalue weighted by atomic mass is 35.5. The lowest BCUT2D eigenvalue weighted by Gasteiger charge is -2.22. The Bertz CT molecular complexity index is 380. The summed E-state index contributed by atoms with van der Waals surface area (Å²) in [7, 11) is 0. The van der Waals surface area contributed by atoms with Gasteiger partial charge in [-0.15, -0.1) is 11.6 Å². The number of carboxylic acid groups (broad SMARTS) is 1. The smallest absolute Gasteiger partial charge is 0.326 e. The zero-order chi connectivity index (χ0) is 12.3. The molecule has 0 amide bonds. The van der Waals surface area contributed by atoms with E-state index in [2.05, 4.69) is 0 Å². The lowest BCUT2D eigenvalue weighted by Crippen LogP contribution is -2.07. The topological polar surface area (TPSA) is 37.3 Å². The number of halogens is 1. The number of benzene rings is 1. The van der Waals surface area contributed by atoms with Crippen LogP contribution in [-0.4, -0.2) is 11.1 Å². The van der Waals surface area contributed by atoms with Crippen LogP contribution in [0.5, 0.6) is 0 Å². The van der Waals surface area contributed by atoms with Crippen LogP contribution in [0.1, 0.15) is 54.5 Å². The van der Waals surface area contributed by atoms with E-state index in [9.17, 15) is 4.79 Å². The molecule has 1 aromatic rings. The van der Waals surface area contributed by atoms with Crippen molar-refractivity contribution in [2.45, 2.75) is 43.4 Å². The van der Waals surface area contributed by atoms with Crippen molar-refractivity contribution in [3.63, 3.8) is 0 Å². The highest BCUT2D eigenvalue weighted by molar-refractivity contribution is 6.29. The van der Waals surface area contributed by atoms with Crippen LogP contribution >= 0.6 is 11.6 Å². The number of hydrogen-bond acceptors (Lipinski definition) is 1. The van der Waals surface area contributed by atoms with Gasteiger partial charge in [-0.3, -0.25) is 4.79 Å². The molecular formula is C14H17ClO2. The molecule has 0 heterocycles. The third-order valence-corrected chi connectivity index (χ3v) is 3.96. The summed E-state index contributed by atoms with van der Waals surface area (Å²) in [5.74, 6) is -0.339. The third-order valence-electron chi connectivity index (χ3n) is 3.52. The van der Waals surface area contributed by atoms with Crippen molar-refractivity contribution in [3.05, 3.63) is 35.4 Å². The number of aliphatic carboxylic acids is 1. The van der Waals surface area contributed by atoms with Crippen molar-refractivity contribution in [1.82, 2.24) is 0 Å². The maximum absolute atomic E-state index is 10.8. The van der Waals surface area contributed by atoms with Crippen molar-refractivity contribution in [2.75, 3.05) is 0 Å². The summed E-state index contributed by atoms with van der Waals surface area (Å²) < 4.78 is 0. The van der Waals surface area contributed by atoms with E-state index in [4.69, 9.17) is 16.7 Å². The van der Waals surface area contributed by atoms with E-state index in [1.165, 1.54) is 37.7 Å². The Morgan fingerprint density at radius 3 is 2.29 bits per heavy atom. The Kier molecular flexibility index (Phi) is 4.06. The molecule has 1 fully saturated rings. The van der Waals surface area contributed by atoms with E-state index in [-0.39, 0.29) is 0 Å². The molecule has 1 N–H and O–H groups in total. The van der Waals surface area contributed by atoms with Gasteiger partial charge >= 0.3 is 5.97 Å². The van der Waals surface area contributed by atoms with Gasteiger partial charge in [0.2, 0.25) is 0 Å². The summed E-state index contributed by atoms with van der Waals surface area (Å²) >= 11 is 5.78. The number of rotatable bonds is 3. The van der Waals surface area contributed by atoms with E-state index in [1.54, 1.807) is 0 Å². The van der Waals surface area contributed by atoms with E-state index in [0.717, 1.165) is 0 Å². The lowest BCUT2D eigenvalue weighted by molar-refractivity contribution is -0.136. The second kappa shape index (κ2) is 5.54. The summed E-state index contributed by atoms with van der Waals surface area (Å²) in [5.41, 5.74) is 1.99. The predicted molar refractivity (Wildman–Crippen MR) is 68.5 cm³/mol. The zero-order valence-electron chi connectivity index (χ0n) is 9.73. The Morgan fingerprint density at radius 2 is 1.76 bits per heavy atom. The van der Waals surface area contributed by atoms with Crippen molar-refractivity contribution < 1.29 is 9.90 Å². The first-order valence-electron chi connectivity index (χ1n) is 6.15.